The molecule has 114 valence electrons. The smallest absolute Gasteiger partial charge is 0.254 e. The van der Waals surface area contributed by atoms with Crippen LogP contribution in [-0.2, 0) is 0 Å². The summed E-state index contributed by atoms with van der Waals surface area (Å²) in [6.45, 7) is 2.88. The molecule has 2 fully saturated rings. The quantitative estimate of drug-likeness (QED) is 0.874. The van der Waals surface area contributed by atoms with Crippen molar-refractivity contribution in [2.45, 2.75) is 31.7 Å². The van der Waals surface area contributed by atoms with Gasteiger partial charge in [0.25, 0.3) is 5.91 Å². The molecule has 2 aliphatic rings. The molecule has 1 aromatic carbocycles. The minimum absolute atomic E-state index is 0.127. The summed E-state index contributed by atoms with van der Waals surface area (Å²) in [6, 6.07) is 4.80. The lowest BCUT2D eigenvalue weighted by atomic mass is 10.1. The Kier molecular flexibility index (Phi) is 2.99. The van der Waals surface area contributed by atoms with E-state index >= 15 is 0 Å². The maximum Gasteiger partial charge on any atom is 0.254 e. The van der Waals surface area contributed by atoms with Crippen LogP contribution in [0.25, 0.3) is 0 Å². The van der Waals surface area contributed by atoms with Crippen molar-refractivity contribution in [3.63, 3.8) is 0 Å². The van der Waals surface area contributed by atoms with Gasteiger partial charge in [-0.2, -0.15) is 0 Å². The van der Waals surface area contributed by atoms with Gasteiger partial charge in [-0.3, -0.25) is 4.79 Å². The number of halogens is 1. The van der Waals surface area contributed by atoms with Crippen molar-refractivity contribution in [2.24, 2.45) is 0 Å². The number of nitrogens with zero attached hydrogens (tertiary/aromatic N) is 4. The summed E-state index contributed by atoms with van der Waals surface area (Å²) < 4.78 is 15.4. The van der Waals surface area contributed by atoms with Crippen LogP contribution in [0.4, 0.5) is 4.39 Å². The lowest BCUT2D eigenvalue weighted by Gasteiger charge is -2.38. The standard InChI is InChI=1S/C16H17FN4O/c1-10-2-3-12(6-14(10)17)16(22)20-7-13(8-20)21-9-15(18-19-21)11-4-5-11/h2-3,6,9,11,13H,4-5,7-8H2,1H3. The highest BCUT2D eigenvalue weighted by Gasteiger charge is 2.34. The van der Waals surface area contributed by atoms with Gasteiger partial charge in [-0.1, -0.05) is 11.3 Å². The summed E-state index contributed by atoms with van der Waals surface area (Å²) in [5.41, 5.74) is 2.01. The first-order valence-corrected chi connectivity index (χ1v) is 7.59. The molecule has 2 aromatic rings. The predicted octanol–water partition coefficient (Wildman–Crippen LogP) is 2.30. The van der Waals surface area contributed by atoms with Crippen molar-refractivity contribution >= 4 is 5.91 Å². The zero-order valence-electron chi connectivity index (χ0n) is 12.4. The topological polar surface area (TPSA) is 51.0 Å². The normalized spacial score (nSPS) is 18.4. The molecule has 1 saturated carbocycles. The van der Waals surface area contributed by atoms with Crippen molar-refractivity contribution in [1.82, 2.24) is 19.9 Å². The van der Waals surface area contributed by atoms with E-state index in [1.165, 1.54) is 18.9 Å². The first-order valence-electron chi connectivity index (χ1n) is 7.59. The molecule has 1 amide bonds. The van der Waals surface area contributed by atoms with Crippen LogP contribution in [0.15, 0.2) is 24.4 Å². The van der Waals surface area contributed by atoms with E-state index in [0.717, 1.165) is 5.69 Å². The fraction of sp³-hybridized carbons (Fsp3) is 0.438. The van der Waals surface area contributed by atoms with Crippen LogP contribution in [0.1, 0.15) is 46.4 Å². The summed E-state index contributed by atoms with van der Waals surface area (Å²) in [5.74, 6) is 0.119. The minimum Gasteiger partial charge on any atom is -0.334 e. The average molecular weight is 300 g/mol. The monoisotopic (exact) mass is 300 g/mol. The third kappa shape index (κ3) is 2.28. The van der Waals surface area contributed by atoms with Crippen LogP contribution in [0.3, 0.4) is 0 Å². The van der Waals surface area contributed by atoms with Crippen LogP contribution in [0.5, 0.6) is 0 Å². The van der Waals surface area contributed by atoms with E-state index in [1.807, 2.05) is 10.9 Å². The Hall–Kier alpha value is -2.24. The number of aryl methyl sites for hydroxylation is 1. The van der Waals surface area contributed by atoms with Gasteiger partial charge in [0.1, 0.15) is 5.82 Å². The number of aromatic nitrogens is 3. The van der Waals surface area contributed by atoms with Crippen molar-refractivity contribution in [3.8, 4) is 0 Å². The number of carbonyl (C=O) groups excluding carboxylic acids is 1. The molecule has 2 heterocycles. The number of hydrogen-bond acceptors (Lipinski definition) is 3. The third-order valence-electron chi connectivity index (χ3n) is 4.47. The molecule has 1 aromatic heterocycles. The number of benzene rings is 1. The Balaban J connectivity index is 1.41. The zero-order chi connectivity index (χ0) is 15.3. The van der Waals surface area contributed by atoms with Crippen molar-refractivity contribution in [2.75, 3.05) is 13.1 Å². The second-order valence-electron chi connectivity index (χ2n) is 6.23. The van der Waals surface area contributed by atoms with E-state index in [2.05, 4.69) is 10.3 Å². The van der Waals surface area contributed by atoms with Crippen molar-refractivity contribution in [3.05, 3.63) is 47.0 Å². The summed E-state index contributed by atoms with van der Waals surface area (Å²) in [5, 5.41) is 8.35. The van der Waals surface area contributed by atoms with Crippen molar-refractivity contribution in [1.29, 1.82) is 0 Å². The summed E-state index contributed by atoms with van der Waals surface area (Å²) in [4.78, 5) is 14.0. The van der Waals surface area contributed by atoms with Crippen LogP contribution < -0.4 is 0 Å². The minimum atomic E-state index is -0.340. The molecule has 5 nitrogen and oxygen atoms in total. The van der Waals surface area contributed by atoms with Crippen LogP contribution in [0.2, 0.25) is 0 Å². The lowest BCUT2D eigenvalue weighted by molar-refractivity contribution is 0.0498. The van der Waals surface area contributed by atoms with Gasteiger partial charge in [0.15, 0.2) is 0 Å². The van der Waals surface area contributed by atoms with Gasteiger partial charge < -0.3 is 4.90 Å². The maximum absolute atomic E-state index is 13.6. The van der Waals surface area contributed by atoms with E-state index in [-0.39, 0.29) is 17.8 Å². The number of hydrogen-bond donors (Lipinski definition) is 0. The van der Waals surface area contributed by atoms with Gasteiger partial charge in [-0.05, 0) is 37.5 Å². The molecule has 1 aliphatic carbocycles. The SMILES string of the molecule is Cc1ccc(C(=O)N2CC(n3cc(C4CC4)nn3)C2)cc1F. The number of carbonyl (C=O) groups is 1. The Bertz CT molecular complexity index is 731. The lowest BCUT2D eigenvalue weighted by Crippen LogP contribution is -2.50. The van der Waals surface area contributed by atoms with Crippen molar-refractivity contribution < 1.29 is 9.18 Å². The molecular weight excluding hydrogens is 283 g/mol. The molecule has 22 heavy (non-hydrogen) atoms. The summed E-state index contributed by atoms with van der Waals surface area (Å²) >= 11 is 0. The molecule has 0 radical (unpaired) electrons. The highest BCUT2D eigenvalue weighted by atomic mass is 19.1. The molecule has 1 saturated heterocycles. The largest absolute Gasteiger partial charge is 0.334 e. The van der Waals surface area contributed by atoms with Crippen LogP contribution >= 0.6 is 0 Å². The van der Waals surface area contributed by atoms with E-state index in [4.69, 9.17) is 0 Å². The molecule has 0 spiro atoms. The van der Waals surface area contributed by atoms with Gasteiger partial charge in [0, 0.05) is 30.8 Å². The van der Waals surface area contributed by atoms with E-state index in [0.29, 0.717) is 30.1 Å². The first-order chi connectivity index (χ1) is 10.6. The van der Waals surface area contributed by atoms with Crippen LogP contribution in [0, 0.1) is 12.7 Å². The fourth-order valence-corrected chi connectivity index (χ4v) is 2.73. The highest BCUT2D eigenvalue weighted by Crippen LogP contribution is 2.39. The molecule has 4 rings (SSSR count). The predicted molar refractivity (Wildman–Crippen MR) is 78.1 cm³/mol. The fourth-order valence-electron chi connectivity index (χ4n) is 2.73. The molecule has 6 heteroatoms. The molecule has 0 atom stereocenters. The average Bonchev–Trinajstić information content (AvgIpc) is 3.20. The van der Waals surface area contributed by atoms with Crippen LogP contribution in [-0.4, -0.2) is 38.9 Å². The second-order valence-corrected chi connectivity index (χ2v) is 6.23. The Labute approximate surface area is 127 Å². The molecule has 1 aliphatic heterocycles. The second kappa shape index (κ2) is 4.90. The Morgan fingerprint density at radius 1 is 1.32 bits per heavy atom. The number of likely N-dealkylation sites (tertiary alicyclic amines) is 1. The molecule has 0 bridgehead atoms. The van der Waals surface area contributed by atoms with Gasteiger partial charge in [0.2, 0.25) is 0 Å². The van der Waals surface area contributed by atoms with Gasteiger partial charge in [-0.25, -0.2) is 9.07 Å². The zero-order valence-corrected chi connectivity index (χ0v) is 12.4. The summed E-state index contributed by atoms with van der Waals surface area (Å²) in [7, 11) is 0. The maximum atomic E-state index is 13.6. The Morgan fingerprint density at radius 3 is 2.77 bits per heavy atom. The van der Waals surface area contributed by atoms with Gasteiger partial charge >= 0.3 is 0 Å². The molecule has 0 N–H and O–H groups in total. The first kappa shape index (κ1) is 13.4. The number of rotatable bonds is 3. The van der Waals surface area contributed by atoms with Gasteiger partial charge in [0.05, 0.1) is 11.7 Å². The highest BCUT2D eigenvalue weighted by molar-refractivity contribution is 5.94. The summed E-state index contributed by atoms with van der Waals surface area (Å²) in [6.07, 6.45) is 4.40. The van der Waals surface area contributed by atoms with E-state index < -0.39 is 0 Å². The number of amides is 1. The molecular formula is C16H17FN4O. The van der Waals surface area contributed by atoms with E-state index in [9.17, 15) is 9.18 Å². The van der Waals surface area contributed by atoms with Gasteiger partial charge in [-0.15, -0.1) is 5.10 Å². The van der Waals surface area contributed by atoms with E-state index in [1.54, 1.807) is 24.0 Å². The molecule has 0 unspecified atom stereocenters. The Morgan fingerprint density at radius 2 is 2.09 bits per heavy atom. The third-order valence-corrected chi connectivity index (χ3v) is 4.47.